The fourth-order valence-corrected chi connectivity index (χ4v) is 1.39. The van der Waals surface area contributed by atoms with E-state index >= 15 is 0 Å². The molecule has 1 fully saturated rings. The fraction of sp³-hybridized carbons (Fsp3) is 0.889. The van der Waals surface area contributed by atoms with Crippen LogP contribution in [0.1, 0.15) is 27.7 Å². The third kappa shape index (κ3) is 1.78. The van der Waals surface area contributed by atoms with Crippen molar-refractivity contribution in [1.29, 1.82) is 0 Å². The van der Waals surface area contributed by atoms with Gasteiger partial charge >= 0.3 is 0 Å². The summed E-state index contributed by atoms with van der Waals surface area (Å²) in [5.41, 5.74) is 0. The van der Waals surface area contributed by atoms with Crippen LogP contribution in [0.25, 0.3) is 0 Å². The van der Waals surface area contributed by atoms with E-state index in [0.717, 1.165) is 6.67 Å². The predicted octanol–water partition coefficient (Wildman–Crippen LogP) is 0.905. The first kappa shape index (κ1) is 9.52. The van der Waals surface area contributed by atoms with Gasteiger partial charge in [0.05, 0.1) is 13.2 Å². The molecule has 12 heavy (non-hydrogen) atoms. The summed E-state index contributed by atoms with van der Waals surface area (Å²) < 4.78 is 0. The van der Waals surface area contributed by atoms with Gasteiger partial charge in [0, 0.05) is 12.1 Å². The number of hydrogen-bond acceptors (Lipinski definition) is 2. The molecule has 0 aromatic carbocycles. The van der Waals surface area contributed by atoms with Gasteiger partial charge in [-0.2, -0.15) is 0 Å². The molecule has 0 N–H and O–H groups in total. The smallest absolute Gasteiger partial charge is 0.238 e. The first-order valence-corrected chi connectivity index (χ1v) is 4.56. The lowest BCUT2D eigenvalue weighted by Gasteiger charge is -2.23. The van der Waals surface area contributed by atoms with E-state index in [4.69, 9.17) is 0 Å². The summed E-state index contributed by atoms with van der Waals surface area (Å²) in [7, 11) is 0. The highest BCUT2D eigenvalue weighted by Crippen LogP contribution is 2.12. The van der Waals surface area contributed by atoms with E-state index in [2.05, 4.69) is 32.6 Å². The molecule has 1 aliphatic rings. The van der Waals surface area contributed by atoms with Crippen LogP contribution < -0.4 is 0 Å². The molecule has 0 radical (unpaired) electrons. The summed E-state index contributed by atoms with van der Waals surface area (Å²) in [6.45, 7) is 9.75. The lowest BCUT2D eigenvalue weighted by Crippen LogP contribution is -2.35. The molecule has 1 rings (SSSR count). The van der Waals surface area contributed by atoms with Crippen LogP contribution in [-0.2, 0) is 4.79 Å². The van der Waals surface area contributed by atoms with Crippen molar-refractivity contribution >= 4 is 5.91 Å². The minimum Gasteiger partial charge on any atom is -0.326 e. The number of hydrogen-bond donors (Lipinski definition) is 0. The summed E-state index contributed by atoms with van der Waals surface area (Å²) in [6.07, 6.45) is 0. The van der Waals surface area contributed by atoms with Gasteiger partial charge in [-0.15, -0.1) is 0 Å². The highest BCUT2D eigenvalue weighted by Gasteiger charge is 2.30. The number of nitrogens with zero attached hydrogens (tertiary/aromatic N) is 2. The van der Waals surface area contributed by atoms with Crippen LogP contribution in [-0.4, -0.2) is 41.0 Å². The molecule has 1 aliphatic heterocycles. The van der Waals surface area contributed by atoms with E-state index < -0.39 is 0 Å². The van der Waals surface area contributed by atoms with Gasteiger partial charge in [0.2, 0.25) is 5.91 Å². The SMILES string of the molecule is CC(C)N1CC(=O)N(C(C)C)C1. The predicted molar refractivity (Wildman–Crippen MR) is 48.7 cm³/mol. The number of rotatable bonds is 2. The van der Waals surface area contributed by atoms with Crippen molar-refractivity contribution < 1.29 is 4.79 Å². The van der Waals surface area contributed by atoms with Gasteiger partial charge in [0.25, 0.3) is 0 Å². The Balaban J connectivity index is 2.56. The van der Waals surface area contributed by atoms with Gasteiger partial charge in [-0.05, 0) is 27.7 Å². The van der Waals surface area contributed by atoms with Crippen molar-refractivity contribution in [2.75, 3.05) is 13.2 Å². The van der Waals surface area contributed by atoms with Crippen molar-refractivity contribution in [3.05, 3.63) is 0 Å². The zero-order valence-corrected chi connectivity index (χ0v) is 8.37. The Morgan fingerprint density at radius 1 is 1.17 bits per heavy atom. The molecule has 3 nitrogen and oxygen atoms in total. The first-order chi connectivity index (χ1) is 5.52. The van der Waals surface area contributed by atoms with Gasteiger partial charge in [-0.25, -0.2) is 0 Å². The molecule has 0 aromatic heterocycles. The molecule has 0 bridgehead atoms. The van der Waals surface area contributed by atoms with E-state index in [1.165, 1.54) is 0 Å². The van der Waals surface area contributed by atoms with Gasteiger partial charge < -0.3 is 4.90 Å². The topological polar surface area (TPSA) is 23.6 Å². The van der Waals surface area contributed by atoms with E-state index in [9.17, 15) is 4.79 Å². The summed E-state index contributed by atoms with van der Waals surface area (Å²) >= 11 is 0. The normalized spacial score (nSPS) is 20.2. The van der Waals surface area contributed by atoms with Gasteiger partial charge in [-0.3, -0.25) is 9.69 Å². The average molecular weight is 170 g/mol. The molecular weight excluding hydrogens is 152 g/mol. The molecule has 0 saturated carbocycles. The highest BCUT2D eigenvalue weighted by atomic mass is 16.2. The molecular formula is C9H18N2O. The first-order valence-electron chi connectivity index (χ1n) is 4.56. The van der Waals surface area contributed by atoms with Crippen molar-refractivity contribution in [1.82, 2.24) is 9.80 Å². The number of carbonyl (C=O) groups is 1. The Kier molecular flexibility index (Phi) is 2.73. The average Bonchev–Trinajstić information content (AvgIpc) is 2.30. The van der Waals surface area contributed by atoms with E-state index in [0.29, 0.717) is 18.6 Å². The summed E-state index contributed by atoms with van der Waals surface area (Å²) in [6, 6.07) is 0.805. The third-order valence-corrected chi connectivity index (χ3v) is 2.35. The standard InChI is InChI=1S/C9H18N2O/c1-7(2)10-5-9(12)11(6-10)8(3)4/h7-8H,5-6H2,1-4H3. The molecule has 0 unspecified atom stereocenters. The molecule has 0 atom stereocenters. The molecule has 0 aromatic rings. The largest absolute Gasteiger partial charge is 0.326 e. The van der Waals surface area contributed by atoms with E-state index in [1.807, 2.05) is 4.90 Å². The zero-order valence-electron chi connectivity index (χ0n) is 8.37. The van der Waals surface area contributed by atoms with Crippen molar-refractivity contribution in [2.45, 2.75) is 39.8 Å². The Bertz CT molecular complexity index is 177. The van der Waals surface area contributed by atoms with Gasteiger partial charge in [-0.1, -0.05) is 0 Å². The number of amides is 1. The fourth-order valence-electron chi connectivity index (χ4n) is 1.39. The Labute approximate surface area is 74.3 Å². The Hall–Kier alpha value is -0.570. The van der Waals surface area contributed by atoms with Gasteiger partial charge in [0.1, 0.15) is 0 Å². The van der Waals surface area contributed by atoms with E-state index in [1.54, 1.807) is 0 Å². The van der Waals surface area contributed by atoms with Crippen LogP contribution in [0.5, 0.6) is 0 Å². The van der Waals surface area contributed by atoms with Crippen LogP contribution in [0.15, 0.2) is 0 Å². The summed E-state index contributed by atoms with van der Waals surface area (Å²) in [5, 5.41) is 0. The zero-order chi connectivity index (χ0) is 9.30. The summed E-state index contributed by atoms with van der Waals surface area (Å²) in [4.78, 5) is 15.5. The second-order valence-corrected chi connectivity index (χ2v) is 3.94. The quantitative estimate of drug-likeness (QED) is 0.615. The second kappa shape index (κ2) is 3.44. The van der Waals surface area contributed by atoms with Crippen molar-refractivity contribution in [3.63, 3.8) is 0 Å². The molecule has 0 aliphatic carbocycles. The van der Waals surface area contributed by atoms with Crippen molar-refractivity contribution in [3.8, 4) is 0 Å². The highest BCUT2D eigenvalue weighted by molar-refractivity contribution is 5.80. The molecule has 1 amide bonds. The molecule has 1 heterocycles. The van der Waals surface area contributed by atoms with Crippen LogP contribution in [0, 0.1) is 0 Å². The second-order valence-electron chi connectivity index (χ2n) is 3.94. The van der Waals surface area contributed by atoms with Gasteiger partial charge in [0.15, 0.2) is 0 Å². The maximum atomic E-state index is 11.4. The van der Waals surface area contributed by atoms with Crippen LogP contribution in [0.4, 0.5) is 0 Å². The molecule has 1 saturated heterocycles. The van der Waals surface area contributed by atoms with Crippen LogP contribution in [0.2, 0.25) is 0 Å². The minimum absolute atomic E-state index is 0.263. The molecule has 3 heteroatoms. The minimum atomic E-state index is 0.263. The molecule has 70 valence electrons. The third-order valence-electron chi connectivity index (χ3n) is 2.35. The van der Waals surface area contributed by atoms with Crippen LogP contribution >= 0.6 is 0 Å². The summed E-state index contributed by atoms with van der Waals surface area (Å²) in [5.74, 6) is 0.263. The molecule has 0 spiro atoms. The lowest BCUT2D eigenvalue weighted by molar-refractivity contribution is -0.128. The maximum absolute atomic E-state index is 11.4. The Morgan fingerprint density at radius 3 is 2.00 bits per heavy atom. The number of carbonyl (C=O) groups excluding carboxylic acids is 1. The maximum Gasteiger partial charge on any atom is 0.238 e. The monoisotopic (exact) mass is 170 g/mol. The van der Waals surface area contributed by atoms with Crippen LogP contribution in [0.3, 0.4) is 0 Å². The Morgan fingerprint density at radius 2 is 1.75 bits per heavy atom. The lowest BCUT2D eigenvalue weighted by atomic mass is 10.3. The van der Waals surface area contributed by atoms with Crippen molar-refractivity contribution in [2.24, 2.45) is 0 Å². The van der Waals surface area contributed by atoms with E-state index in [-0.39, 0.29) is 5.91 Å².